The van der Waals surface area contributed by atoms with Gasteiger partial charge in [0.2, 0.25) is 11.8 Å². The van der Waals surface area contributed by atoms with Crippen LogP contribution in [0.25, 0.3) is 10.9 Å². The Bertz CT molecular complexity index is 940. The van der Waals surface area contributed by atoms with Crippen molar-refractivity contribution in [2.45, 2.75) is 33.0 Å². The number of morpholine rings is 1. The Morgan fingerprint density at radius 3 is 2.77 bits per heavy atom. The second-order valence-electron chi connectivity index (χ2n) is 6.65. The molecular weight excluding hydrogens is 332 g/mol. The fourth-order valence-electron chi connectivity index (χ4n) is 3.58. The van der Waals surface area contributed by atoms with E-state index in [2.05, 4.69) is 40.0 Å². The van der Waals surface area contributed by atoms with Crippen molar-refractivity contribution in [2.24, 2.45) is 0 Å². The maximum absolute atomic E-state index is 6.06. The van der Waals surface area contributed by atoms with Crippen molar-refractivity contribution in [2.75, 3.05) is 25.1 Å². The molecule has 0 radical (unpaired) electrons. The predicted octanol–water partition coefficient (Wildman–Crippen LogP) is 3.21. The number of ether oxygens (including phenoxy) is 2. The number of benzene rings is 1. The smallest absolute Gasteiger partial charge is 0.247 e. The lowest BCUT2D eigenvalue weighted by atomic mass is 10.1. The van der Waals surface area contributed by atoms with E-state index >= 15 is 0 Å². The zero-order chi connectivity index (χ0) is 18.3. The maximum atomic E-state index is 6.06. The molecule has 7 heteroatoms. The Morgan fingerprint density at radius 2 is 2.04 bits per heavy atom. The molecule has 3 heterocycles. The van der Waals surface area contributed by atoms with Gasteiger partial charge in [0.05, 0.1) is 25.4 Å². The third-order valence-corrected chi connectivity index (χ3v) is 4.63. The Labute approximate surface area is 151 Å². The topological polar surface area (TPSA) is 73.5 Å². The van der Waals surface area contributed by atoms with Crippen molar-refractivity contribution < 1.29 is 13.9 Å². The van der Waals surface area contributed by atoms with Gasteiger partial charge in [0.15, 0.2) is 6.10 Å². The van der Waals surface area contributed by atoms with Gasteiger partial charge in [0.25, 0.3) is 0 Å². The lowest BCUT2D eigenvalue weighted by Crippen LogP contribution is -2.43. The number of fused-ring (bicyclic) bond motifs is 1. The Kier molecular flexibility index (Phi) is 4.24. The summed E-state index contributed by atoms with van der Waals surface area (Å²) < 4.78 is 17.1. The first-order valence-corrected chi connectivity index (χ1v) is 8.69. The highest BCUT2D eigenvalue weighted by atomic mass is 16.5. The highest BCUT2D eigenvalue weighted by Gasteiger charge is 2.31. The second kappa shape index (κ2) is 6.57. The second-order valence-corrected chi connectivity index (χ2v) is 6.65. The molecule has 3 aromatic rings. The molecule has 0 spiro atoms. The summed E-state index contributed by atoms with van der Waals surface area (Å²) >= 11 is 0. The minimum absolute atomic E-state index is 0.0363. The van der Waals surface area contributed by atoms with Crippen LogP contribution in [-0.4, -0.2) is 41.5 Å². The molecule has 1 aromatic carbocycles. The largest absolute Gasteiger partial charge is 0.494 e. The monoisotopic (exact) mass is 354 g/mol. The molecule has 1 saturated heterocycles. The van der Waals surface area contributed by atoms with Crippen LogP contribution in [0.3, 0.4) is 0 Å². The van der Waals surface area contributed by atoms with Crippen LogP contribution in [0, 0.1) is 13.8 Å². The summed E-state index contributed by atoms with van der Waals surface area (Å²) in [6.45, 7) is 7.34. The molecule has 2 atom stereocenters. The molecular formula is C19H22N4O3. The van der Waals surface area contributed by atoms with Crippen LogP contribution in [0.4, 0.5) is 5.69 Å². The van der Waals surface area contributed by atoms with Gasteiger partial charge in [0.1, 0.15) is 11.3 Å². The third kappa shape index (κ3) is 2.88. The van der Waals surface area contributed by atoms with E-state index < -0.39 is 0 Å². The summed E-state index contributed by atoms with van der Waals surface area (Å²) in [5.74, 6) is 1.84. The first-order chi connectivity index (χ1) is 12.6. The van der Waals surface area contributed by atoms with Crippen LogP contribution in [0.1, 0.15) is 30.4 Å². The average Bonchev–Trinajstić information content (AvgIpc) is 3.07. The van der Waals surface area contributed by atoms with E-state index in [1.54, 1.807) is 14.0 Å². The standard InChI is InChI=1S/C19H22N4O3/c1-11-8-20-17-14(6-5-7-15(17)24-4)18(11)23-9-12(2)25-16(10-23)19-22-21-13(3)26-19/h5-8,12,16H,9-10H2,1-4H3/t12-,16-/m1/s1. The average molecular weight is 354 g/mol. The molecule has 0 saturated carbocycles. The molecule has 4 rings (SSSR count). The van der Waals surface area contributed by atoms with Crippen molar-refractivity contribution in [3.63, 3.8) is 0 Å². The molecule has 26 heavy (non-hydrogen) atoms. The number of para-hydroxylation sites is 1. The summed E-state index contributed by atoms with van der Waals surface area (Å²) in [6.07, 6.45) is 1.67. The Morgan fingerprint density at radius 1 is 1.19 bits per heavy atom. The number of aryl methyl sites for hydroxylation is 2. The molecule has 0 N–H and O–H groups in total. The number of hydrogen-bond acceptors (Lipinski definition) is 7. The van der Waals surface area contributed by atoms with Crippen LogP contribution >= 0.6 is 0 Å². The molecule has 7 nitrogen and oxygen atoms in total. The molecule has 0 bridgehead atoms. The fraction of sp³-hybridized carbons (Fsp3) is 0.421. The van der Waals surface area contributed by atoms with E-state index in [9.17, 15) is 0 Å². The molecule has 136 valence electrons. The van der Waals surface area contributed by atoms with Crippen LogP contribution in [-0.2, 0) is 4.74 Å². The number of aromatic nitrogens is 3. The van der Waals surface area contributed by atoms with Crippen LogP contribution < -0.4 is 9.64 Å². The quantitative estimate of drug-likeness (QED) is 0.715. The molecule has 0 aliphatic carbocycles. The molecule has 1 aliphatic heterocycles. The zero-order valence-electron chi connectivity index (χ0n) is 15.4. The van der Waals surface area contributed by atoms with E-state index in [4.69, 9.17) is 13.9 Å². The SMILES string of the molecule is COc1cccc2c(N3C[C@@H](C)O[C@@H](c4nnc(C)o4)C3)c(C)cnc12. The summed E-state index contributed by atoms with van der Waals surface area (Å²) in [4.78, 5) is 6.90. The maximum Gasteiger partial charge on any atom is 0.247 e. The van der Waals surface area contributed by atoms with E-state index in [1.807, 2.05) is 18.3 Å². The minimum Gasteiger partial charge on any atom is -0.494 e. The predicted molar refractivity (Wildman–Crippen MR) is 97.6 cm³/mol. The van der Waals surface area contributed by atoms with Gasteiger partial charge in [-0.05, 0) is 25.5 Å². The van der Waals surface area contributed by atoms with Gasteiger partial charge in [-0.3, -0.25) is 4.98 Å². The van der Waals surface area contributed by atoms with Crippen LogP contribution in [0.2, 0.25) is 0 Å². The summed E-state index contributed by atoms with van der Waals surface area (Å²) in [5.41, 5.74) is 3.12. The first kappa shape index (κ1) is 16.8. The number of anilines is 1. The van der Waals surface area contributed by atoms with Gasteiger partial charge in [-0.2, -0.15) is 0 Å². The van der Waals surface area contributed by atoms with Crippen LogP contribution in [0.5, 0.6) is 5.75 Å². The van der Waals surface area contributed by atoms with Gasteiger partial charge in [0, 0.05) is 25.1 Å². The summed E-state index contributed by atoms with van der Waals surface area (Å²) in [7, 11) is 1.67. The van der Waals surface area contributed by atoms with Crippen molar-refractivity contribution in [1.29, 1.82) is 0 Å². The summed E-state index contributed by atoms with van der Waals surface area (Å²) in [5, 5.41) is 9.14. The minimum atomic E-state index is -0.256. The molecule has 1 fully saturated rings. The normalized spacial score (nSPS) is 20.5. The van der Waals surface area contributed by atoms with Gasteiger partial charge in [-0.25, -0.2) is 0 Å². The van der Waals surface area contributed by atoms with E-state index in [1.165, 1.54) is 0 Å². The number of hydrogen-bond donors (Lipinski definition) is 0. The van der Waals surface area contributed by atoms with Gasteiger partial charge in [-0.15, -0.1) is 10.2 Å². The number of pyridine rings is 1. The van der Waals surface area contributed by atoms with E-state index in [0.717, 1.165) is 34.4 Å². The lowest BCUT2D eigenvalue weighted by Gasteiger charge is -2.38. The molecule has 2 aromatic heterocycles. The van der Waals surface area contributed by atoms with Gasteiger partial charge in [-0.1, -0.05) is 12.1 Å². The van der Waals surface area contributed by atoms with Crippen LogP contribution in [0.15, 0.2) is 28.8 Å². The lowest BCUT2D eigenvalue weighted by molar-refractivity contribution is -0.0311. The van der Waals surface area contributed by atoms with Crippen molar-refractivity contribution >= 4 is 16.6 Å². The van der Waals surface area contributed by atoms with E-state index in [-0.39, 0.29) is 12.2 Å². The number of methoxy groups -OCH3 is 1. The van der Waals surface area contributed by atoms with Gasteiger partial charge >= 0.3 is 0 Å². The molecule has 1 aliphatic rings. The fourth-order valence-corrected chi connectivity index (χ4v) is 3.58. The van der Waals surface area contributed by atoms with Crippen molar-refractivity contribution in [3.8, 4) is 5.75 Å². The van der Waals surface area contributed by atoms with Crippen molar-refractivity contribution in [3.05, 3.63) is 41.7 Å². The Hall–Kier alpha value is -2.67. The number of nitrogens with zero attached hydrogens (tertiary/aromatic N) is 4. The van der Waals surface area contributed by atoms with Gasteiger partial charge < -0.3 is 18.8 Å². The summed E-state index contributed by atoms with van der Waals surface area (Å²) in [6, 6.07) is 6.01. The molecule has 0 unspecified atom stereocenters. The third-order valence-electron chi connectivity index (χ3n) is 4.63. The highest BCUT2D eigenvalue weighted by Crippen LogP contribution is 2.36. The number of rotatable bonds is 3. The zero-order valence-corrected chi connectivity index (χ0v) is 15.4. The molecule has 0 amide bonds. The van der Waals surface area contributed by atoms with Crippen molar-refractivity contribution in [1.82, 2.24) is 15.2 Å². The Balaban J connectivity index is 1.77. The highest BCUT2D eigenvalue weighted by molar-refractivity contribution is 5.96. The van der Waals surface area contributed by atoms with E-state index in [0.29, 0.717) is 18.3 Å². The first-order valence-electron chi connectivity index (χ1n) is 8.69.